The maximum Gasteiger partial charge on any atom is 0.291 e. The van der Waals surface area contributed by atoms with Crippen LogP contribution in [0.1, 0.15) is 16.7 Å². The normalized spacial score (nSPS) is 12.2. The summed E-state index contributed by atoms with van der Waals surface area (Å²) in [7, 11) is 0. The molecular weight excluding hydrogens is 494 g/mol. The second-order valence-electron chi connectivity index (χ2n) is 9.18. The number of thiazole rings is 1. The Labute approximate surface area is 220 Å². The van der Waals surface area contributed by atoms with Gasteiger partial charge in [0.15, 0.2) is 5.76 Å². The molecule has 4 aromatic heterocycles. The number of hydrogen-bond acceptors (Lipinski definition) is 6. The number of rotatable bonds is 4. The van der Waals surface area contributed by atoms with Crippen LogP contribution in [0, 0.1) is 13.8 Å². The Morgan fingerprint density at radius 2 is 1.66 bits per heavy atom. The van der Waals surface area contributed by atoms with E-state index in [0.717, 1.165) is 39.0 Å². The maximum absolute atomic E-state index is 13.4. The predicted molar refractivity (Wildman–Crippen MR) is 150 cm³/mol. The fourth-order valence-electron chi connectivity index (χ4n) is 4.60. The van der Waals surface area contributed by atoms with Gasteiger partial charge < -0.3 is 4.42 Å². The standard InChI is InChI=1S/C30H21N5O2S/c1-18-12-14-20(15-13-18)26-21(17-34(32-26)22-8-4-3-5-9-22)16-25-29(36)35-30(38-25)31-28(33-35)27-19(2)23-10-6-7-11-24(23)37-27/h3-17H,1-2H3. The molecule has 4 heterocycles. The van der Waals surface area contributed by atoms with E-state index in [9.17, 15) is 4.79 Å². The molecule has 0 bridgehead atoms. The van der Waals surface area contributed by atoms with Gasteiger partial charge in [0.25, 0.3) is 5.56 Å². The third kappa shape index (κ3) is 3.65. The van der Waals surface area contributed by atoms with Crippen molar-refractivity contribution < 1.29 is 4.42 Å². The van der Waals surface area contributed by atoms with Gasteiger partial charge in [0, 0.05) is 28.3 Å². The molecule has 0 amide bonds. The maximum atomic E-state index is 13.4. The predicted octanol–water partition coefficient (Wildman–Crippen LogP) is 5.58. The minimum Gasteiger partial charge on any atom is -0.452 e. The summed E-state index contributed by atoms with van der Waals surface area (Å²) in [5.74, 6) is 0.990. The molecule has 0 aliphatic carbocycles. The first-order chi connectivity index (χ1) is 18.5. The summed E-state index contributed by atoms with van der Waals surface area (Å²) in [5, 5.41) is 10.4. The van der Waals surface area contributed by atoms with Crippen molar-refractivity contribution in [3.05, 3.63) is 117 Å². The molecule has 0 saturated carbocycles. The van der Waals surface area contributed by atoms with E-state index in [2.05, 4.69) is 29.1 Å². The first-order valence-corrected chi connectivity index (χ1v) is 13.0. The molecule has 0 spiro atoms. The van der Waals surface area contributed by atoms with Crippen molar-refractivity contribution in [3.63, 3.8) is 0 Å². The Balaban J connectivity index is 1.36. The first kappa shape index (κ1) is 22.4. The lowest BCUT2D eigenvalue weighted by Crippen LogP contribution is -2.23. The number of para-hydroxylation sites is 2. The second-order valence-corrected chi connectivity index (χ2v) is 10.2. The first-order valence-electron chi connectivity index (χ1n) is 12.2. The van der Waals surface area contributed by atoms with Crippen molar-refractivity contribution in [2.45, 2.75) is 13.8 Å². The molecule has 0 atom stereocenters. The summed E-state index contributed by atoms with van der Waals surface area (Å²) in [6.07, 6.45) is 3.82. The Kier molecular flexibility index (Phi) is 5.09. The lowest BCUT2D eigenvalue weighted by Gasteiger charge is -2.01. The molecule has 0 fully saturated rings. The number of furan rings is 1. The molecule has 0 N–H and O–H groups in total. The zero-order valence-corrected chi connectivity index (χ0v) is 21.4. The SMILES string of the molecule is Cc1ccc(-c2nn(-c3ccccc3)cc2C=c2sc3nc(-c4oc5ccccc5c4C)nn3c2=O)cc1. The molecule has 184 valence electrons. The van der Waals surface area contributed by atoms with E-state index < -0.39 is 0 Å². The Morgan fingerprint density at radius 1 is 0.895 bits per heavy atom. The van der Waals surface area contributed by atoms with E-state index in [0.29, 0.717) is 21.1 Å². The summed E-state index contributed by atoms with van der Waals surface area (Å²) in [4.78, 5) is 18.5. The Morgan fingerprint density at radius 3 is 2.42 bits per heavy atom. The molecule has 8 heteroatoms. The fraction of sp³-hybridized carbons (Fsp3) is 0.0667. The van der Waals surface area contributed by atoms with E-state index in [1.165, 1.54) is 21.4 Å². The van der Waals surface area contributed by atoms with Crippen LogP contribution in [0.4, 0.5) is 0 Å². The van der Waals surface area contributed by atoms with Gasteiger partial charge in [-0.3, -0.25) is 4.79 Å². The van der Waals surface area contributed by atoms with Gasteiger partial charge in [-0.1, -0.05) is 77.6 Å². The molecule has 7 aromatic rings. The van der Waals surface area contributed by atoms with Crippen molar-refractivity contribution >= 4 is 33.3 Å². The van der Waals surface area contributed by atoms with Gasteiger partial charge in [-0.15, -0.1) is 5.10 Å². The number of aryl methyl sites for hydroxylation is 2. The lowest BCUT2D eigenvalue weighted by atomic mass is 10.1. The topological polar surface area (TPSA) is 78.2 Å². The quantitative estimate of drug-likeness (QED) is 0.306. The van der Waals surface area contributed by atoms with Crippen molar-refractivity contribution in [3.8, 4) is 28.5 Å². The monoisotopic (exact) mass is 515 g/mol. The minimum absolute atomic E-state index is 0.222. The summed E-state index contributed by atoms with van der Waals surface area (Å²) < 4.78 is 9.74. The van der Waals surface area contributed by atoms with Crippen LogP contribution < -0.4 is 10.1 Å². The van der Waals surface area contributed by atoms with Gasteiger partial charge in [-0.25, -0.2) is 4.68 Å². The van der Waals surface area contributed by atoms with E-state index in [1.807, 2.05) is 90.6 Å². The summed E-state index contributed by atoms with van der Waals surface area (Å²) in [6.45, 7) is 4.03. The molecule has 0 saturated heterocycles. The van der Waals surface area contributed by atoms with Gasteiger partial charge in [0.05, 0.1) is 15.9 Å². The molecule has 3 aromatic carbocycles. The van der Waals surface area contributed by atoms with Crippen LogP contribution in [0.25, 0.3) is 50.5 Å². The fourth-order valence-corrected chi connectivity index (χ4v) is 5.50. The molecule has 0 aliphatic rings. The number of benzene rings is 3. The highest BCUT2D eigenvalue weighted by Crippen LogP contribution is 2.31. The highest BCUT2D eigenvalue weighted by molar-refractivity contribution is 7.15. The molecule has 38 heavy (non-hydrogen) atoms. The van der Waals surface area contributed by atoms with E-state index >= 15 is 0 Å². The lowest BCUT2D eigenvalue weighted by molar-refractivity contribution is 0.622. The van der Waals surface area contributed by atoms with Gasteiger partial charge >= 0.3 is 0 Å². The number of hydrogen-bond donors (Lipinski definition) is 0. The van der Waals surface area contributed by atoms with Crippen molar-refractivity contribution in [2.24, 2.45) is 0 Å². The summed E-state index contributed by atoms with van der Waals surface area (Å²) >= 11 is 1.30. The van der Waals surface area contributed by atoms with Crippen LogP contribution in [-0.2, 0) is 0 Å². The summed E-state index contributed by atoms with van der Waals surface area (Å²) in [6, 6.07) is 26.0. The van der Waals surface area contributed by atoms with Crippen molar-refractivity contribution in [1.82, 2.24) is 24.4 Å². The smallest absolute Gasteiger partial charge is 0.291 e. The van der Waals surface area contributed by atoms with Crippen LogP contribution in [0.2, 0.25) is 0 Å². The molecule has 0 radical (unpaired) electrons. The number of aromatic nitrogens is 5. The average molecular weight is 516 g/mol. The van der Waals surface area contributed by atoms with E-state index in [1.54, 1.807) is 0 Å². The van der Waals surface area contributed by atoms with Gasteiger partial charge in [0.2, 0.25) is 10.8 Å². The van der Waals surface area contributed by atoms with Crippen molar-refractivity contribution in [2.75, 3.05) is 0 Å². The van der Waals surface area contributed by atoms with Gasteiger partial charge in [0.1, 0.15) is 5.58 Å². The Hall–Kier alpha value is -4.82. The average Bonchev–Trinajstić information content (AvgIpc) is 3.69. The Bertz CT molecular complexity index is 2060. The van der Waals surface area contributed by atoms with Crippen LogP contribution in [-0.4, -0.2) is 24.4 Å². The zero-order valence-electron chi connectivity index (χ0n) is 20.6. The van der Waals surface area contributed by atoms with E-state index in [4.69, 9.17) is 9.52 Å². The van der Waals surface area contributed by atoms with Crippen LogP contribution in [0.15, 0.2) is 94.3 Å². The molecular formula is C30H21N5O2S. The minimum atomic E-state index is -0.222. The number of fused-ring (bicyclic) bond motifs is 2. The van der Waals surface area contributed by atoms with Crippen LogP contribution >= 0.6 is 11.3 Å². The molecule has 0 aliphatic heterocycles. The highest BCUT2D eigenvalue weighted by atomic mass is 32.1. The van der Waals surface area contributed by atoms with Crippen molar-refractivity contribution in [1.29, 1.82) is 0 Å². The third-order valence-electron chi connectivity index (χ3n) is 6.60. The summed E-state index contributed by atoms with van der Waals surface area (Å²) in [5.41, 5.74) is 6.23. The van der Waals surface area contributed by atoms with Gasteiger partial charge in [-0.05, 0) is 38.1 Å². The second kappa shape index (κ2) is 8.64. The molecule has 7 rings (SSSR count). The highest BCUT2D eigenvalue weighted by Gasteiger charge is 2.19. The van der Waals surface area contributed by atoms with E-state index in [-0.39, 0.29) is 5.56 Å². The van der Waals surface area contributed by atoms with Gasteiger partial charge in [-0.2, -0.15) is 14.6 Å². The van der Waals surface area contributed by atoms with Crippen LogP contribution in [0.3, 0.4) is 0 Å². The number of nitrogens with zero attached hydrogens (tertiary/aromatic N) is 5. The third-order valence-corrected chi connectivity index (χ3v) is 7.56. The zero-order chi connectivity index (χ0) is 25.8. The molecule has 7 nitrogen and oxygen atoms in total. The van der Waals surface area contributed by atoms with Crippen LogP contribution in [0.5, 0.6) is 0 Å². The largest absolute Gasteiger partial charge is 0.452 e. The molecule has 0 unspecified atom stereocenters.